The third-order valence-corrected chi connectivity index (χ3v) is 4.70. The van der Waals surface area contributed by atoms with Crippen molar-refractivity contribution in [1.82, 2.24) is 9.47 Å². The Balaban J connectivity index is 1.90. The van der Waals surface area contributed by atoms with E-state index in [9.17, 15) is 9.59 Å². The Morgan fingerprint density at radius 1 is 1.17 bits per heavy atom. The number of hydrogen-bond acceptors (Lipinski definition) is 3. The number of methoxy groups -OCH3 is 1. The molecule has 1 unspecified atom stereocenters. The molecule has 6 heteroatoms. The Labute approximate surface area is 142 Å². The van der Waals surface area contributed by atoms with E-state index in [1.54, 1.807) is 28.7 Å². The van der Waals surface area contributed by atoms with Gasteiger partial charge in [0.05, 0.1) is 11.6 Å². The number of ether oxygens (including phenoxy) is 1. The molecular formula is C17H17BrN2O3. The van der Waals surface area contributed by atoms with Gasteiger partial charge in [-0.1, -0.05) is 12.1 Å². The fraction of sp³-hybridized carbons (Fsp3) is 0.294. The van der Waals surface area contributed by atoms with Crippen LogP contribution in [0.5, 0.6) is 5.75 Å². The molecule has 1 amide bonds. The molecule has 1 aliphatic heterocycles. The highest BCUT2D eigenvalue weighted by atomic mass is 79.9. The van der Waals surface area contributed by atoms with Crippen LogP contribution in [0.15, 0.2) is 45.7 Å². The van der Waals surface area contributed by atoms with E-state index in [0.717, 1.165) is 11.3 Å². The average Bonchev–Trinajstić information content (AvgIpc) is 2.56. The first-order valence-electron chi connectivity index (χ1n) is 7.34. The van der Waals surface area contributed by atoms with E-state index in [1.807, 2.05) is 31.2 Å². The second-order valence-electron chi connectivity index (χ2n) is 5.61. The predicted molar refractivity (Wildman–Crippen MR) is 90.7 cm³/mol. The van der Waals surface area contributed by atoms with Gasteiger partial charge in [-0.2, -0.15) is 0 Å². The van der Waals surface area contributed by atoms with Crippen LogP contribution in [0.1, 0.15) is 23.0 Å². The third-order valence-electron chi connectivity index (χ3n) is 4.10. The Kier molecular flexibility index (Phi) is 4.26. The highest BCUT2D eigenvalue weighted by Gasteiger charge is 2.30. The Bertz CT molecular complexity index is 798. The standard InChI is InChI=1S/C17H17BrN2O3/c1-11-9-20-15(8-7-14(18)16(20)21)17(22)19(11)10-12-3-5-13(23-2)6-4-12/h3-8,11H,9-10H2,1-2H3. The SMILES string of the molecule is COc1ccc(CN2C(=O)c3ccc(Br)c(=O)n3CC2C)cc1. The van der Waals surface area contributed by atoms with E-state index >= 15 is 0 Å². The maximum atomic E-state index is 12.7. The average molecular weight is 377 g/mol. The summed E-state index contributed by atoms with van der Waals surface area (Å²) in [6.07, 6.45) is 0. The molecule has 1 aromatic heterocycles. The largest absolute Gasteiger partial charge is 0.497 e. The smallest absolute Gasteiger partial charge is 0.271 e. The van der Waals surface area contributed by atoms with Crippen LogP contribution in [0, 0.1) is 0 Å². The summed E-state index contributed by atoms with van der Waals surface area (Å²) in [7, 11) is 1.62. The minimum atomic E-state index is -0.160. The molecule has 0 spiro atoms. The molecule has 1 aliphatic rings. The molecule has 0 saturated heterocycles. The number of rotatable bonds is 3. The highest BCUT2D eigenvalue weighted by Crippen LogP contribution is 2.21. The molecular weight excluding hydrogens is 360 g/mol. The molecule has 1 aromatic carbocycles. The lowest BCUT2D eigenvalue weighted by molar-refractivity contribution is 0.0589. The number of nitrogens with zero attached hydrogens (tertiary/aromatic N) is 2. The summed E-state index contributed by atoms with van der Waals surface area (Å²) in [5.74, 6) is 0.665. The second-order valence-corrected chi connectivity index (χ2v) is 6.47. The van der Waals surface area contributed by atoms with E-state index in [-0.39, 0.29) is 17.5 Å². The molecule has 0 saturated carbocycles. The van der Waals surface area contributed by atoms with Crippen LogP contribution in [0.25, 0.3) is 0 Å². The lowest BCUT2D eigenvalue weighted by Crippen LogP contribution is -2.49. The van der Waals surface area contributed by atoms with Gasteiger partial charge in [0, 0.05) is 19.1 Å². The van der Waals surface area contributed by atoms with Gasteiger partial charge >= 0.3 is 0 Å². The van der Waals surface area contributed by atoms with Gasteiger partial charge in [-0.25, -0.2) is 0 Å². The molecule has 2 aromatic rings. The van der Waals surface area contributed by atoms with Gasteiger partial charge in [0.25, 0.3) is 11.5 Å². The number of amides is 1. The van der Waals surface area contributed by atoms with Crippen LogP contribution in [0.3, 0.4) is 0 Å². The van der Waals surface area contributed by atoms with Gasteiger partial charge < -0.3 is 14.2 Å². The van der Waals surface area contributed by atoms with Crippen molar-refractivity contribution in [2.75, 3.05) is 7.11 Å². The molecule has 0 aliphatic carbocycles. The number of pyridine rings is 1. The second kappa shape index (κ2) is 6.20. The first-order valence-corrected chi connectivity index (χ1v) is 8.14. The number of halogens is 1. The summed E-state index contributed by atoms with van der Waals surface area (Å²) >= 11 is 3.23. The predicted octanol–water partition coefficient (Wildman–Crippen LogP) is 2.66. The number of hydrogen-bond donors (Lipinski definition) is 0. The molecule has 2 heterocycles. The van der Waals surface area contributed by atoms with Crippen LogP contribution in [-0.2, 0) is 13.1 Å². The fourth-order valence-corrected chi connectivity index (χ4v) is 3.13. The zero-order valence-corrected chi connectivity index (χ0v) is 14.5. The van der Waals surface area contributed by atoms with Crippen molar-refractivity contribution in [3.05, 3.63) is 62.5 Å². The van der Waals surface area contributed by atoms with E-state index in [2.05, 4.69) is 15.9 Å². The summed E-state index contributed by atoms with van der Waals surface area (Å²) < 4.78 is 7.17. The minimum absolute atomic E-state index is 0.0518. The molecule has 0 N–H and O–H groups in total. The van der Waals surface area contributed by atoms with Crippen molar-refractivity contribution in [3.8, 4) is 5.75 Å². The first-order chi connectivity index (χ1) is 11.0. The van der Waals surface area contributed by atoms with Crippen LogP contribution in [0.2, 0.25) is 0 Å². The molecule has 0 fully saturated rings. The van der Waals surface area contributed by atoms with E-state index in [4.69, 9.17) is 4.74 Å². The Hall–Kier alpha value is -2.08. The Morgan fingerprint density at radius 2 is 1.87 bits per heavy atom. The Morgan fingerprint density at radius 3 is 2.52 bits per heavy atom. The summed E-state index contributed by atoms with van der Waals surface area (Å²) in [6, 6.07) is 10.9. The zero-order chi connectivity index (χ0) is 16.6. The van der Waals surface area contributed by atoms with E-state index in [0.29, 0.717) is 23.3 Å². The maximum Gasteiger partial charge on any atom is 0.271 e. The van der Waals surface area contributed by atoms with Crippen molar-refractivity contribution in [3.63, 3.8) is 0 Å². The number of fused-ring (bicyclic) bond motifs is 1. The van der Waals surface area contributed by atoms with Gasteiger partial charge in [-0.3, -0.25) is 9.59 Å². The van der Waals surface area contributed by atoms with Gasteiger partial charge in [0.15, 0.2) is 0 Å². The van der Waals surface area contributed by atoms with Crippen molar-refractivity contribution in [1.29, 1.82) is 0 Å². The van der Waals surface area contributed by atoms with Crippen molar-refractivity contribution in [2.45, 2.75) is 26.1 Å². The quantitative estimate of drug-likeness (QED) is 0.827. The minimum Gasteiger partial charge on any atom is -0.497 e. The summed E-state index contributed by atoms with van der Waals surface area (Å²) in [4.78, 5) is 26.7. The summed E-state index contributed by atoms with van der Waals surface area (Å²) in [5, 5.41) is 0. The van der Waals surface area contributed by atoms with Crippen LogP contribution in [0.4, 0.5) is 0 Å². The van der Waals surface area contributed by atoms with Crippen molar-refractivity contribution < 1.29 is 9.53 Å². The normalized spacial score (nSPS) is 17.1. The number of carbonyl (C=O) groups is 1. The van der Waals surface area contributed by atoms with Crippen LogP contribution >= 0.6 is 15.9 Å². The van der Waals surface area contributed by atoms with Crippen LogP contribution < -0.4 is 10.3 Å². The van der Waals surface area contributed by atoms with Gasteiger partial charge in [-0.05, 0) is 52.7 Å². The monoisotopic (exact) mass is 376 g/mol. The van der Waals surface area contributed by atoms with Crippen molar-refractivity contribution in [2.24, 2.45) is 0 Å². The number of carbonyl (C=O) groups excluding carboxylic acids is 1. The fourth-order valence-electron chi connectivity index (χ4n) is 2.79. The molecule has 3 rings (SSSR count). The summed E-state index contributed by atoms with van der Waals surface area (Å²) in [5.41, 5.74) is 1.30. The van der Waals surface area contributed by atoms with Crippen LogP contribution in [-0.4, -0.2) is 28.5 Å². The molecule has 120 valence electrons. The number of aromatic nitrogens is 1. The molecule has 23 heavy (non-hydrogen) atoms. The van der Waals surface area contributed by atoms with E-state index in [1.165, 1.54) is 0 Å². The maximum absolute atomic E-state index is 12.7. The molecule has 1 atom stereocenters. The highest BCUT2D eigenvalue weighted by molar-refractivity contribution is 9.10. The van der Waals surface area contributed by atoms with Gasteiger partial charge in [-0.15, -0.1) is 0 Å². The topological polar surface area (TPSA) is 51.5 Å². The number of benzene rings is 1. The molecule has 0 bridgehead atoms. The molecule has 5 nitrogen and oxygen atoms in total. The lowest BCUT2D eigenvalue weighted by Gasteiger charge is -2.35. The zero-order valence-electron chi connectivity index (χ0n) is 13.0. The van der Waals surface area contributed by atoms with Gasteiger partial charge in [0.1, 0.15) is 11.4 Å². The third kappa shape index (κ3) is 2.91. The first kappa shape index (κ1) is 15.8. The van der Waals surface area contributed by atoms with E-state index < -0.39 is 0 Å². The summed E-state index contributed by atoms with van der Waals surface area (Å²) in [6.45, 7) is 2.96. The van der Waals surface area contributed by atoms with Gasteiger partial charge in [0.2, 0.25) is 0 Å². The lowest BCUT2D eigenvalue weighted by atomic mass is 10.1. The van der Waals surface area contributed by atoms with Crippen molar-refractivity contribution >= 4 is 21.8 Å². The molecule has 0 radical (unpaired) electrons.